The first-order valence-electron chi connectivity index (χ1n) is 9.07. The maximum absolute atomic E-state index is 13.0. The molecule has 4 nitrogen and oxygen atoms in total. The Hall–Kier alpha value is -1.06. The van der Waals surface area contributed by atoms with Crippen LogP contribution in [-0.4, -0.2) is 46.8 Å². The first-order chi connectivity index (χ1) is 10.5. The van der Waals surface area contributed by atoms with Gasteiger partial charge in [0.25, 0.3) is 0 Å². The molecule has 2 heterocycles. The molecular weight excluding hydrogens is 276 g/mol. The van der Waals surface area contributed by atoms with E-state index in [0.717, 1.165) is 25.3 Å². The number of hydrogen-bond acceptors (Lipinski definition) is 2. The molecule has 22 heavy (non-hydrogen) atoms. The predicted molar refractivity (Wildman–Crippen MR) is 86.2 cm³/mol. The van der Waals surface area contributed by atoms with Gasteiger partial charge in [0.2, 0.25) is 11.8 Å². The van der Waals surface area contributed by atoms with Crippen LogP contribution in [0.25, 0.3) is 0 Å². The molecule has 3 aliphatic rings. The van der Waals surface area contributed by atoms with Gasteiger partial charge in [0.05, 0.1) is 5.92 Å². The van der Waals surface area contributed by atoms with Gasteiger partial charge in [-0.1, -0.05) is 6.92 Å². The summed E-state index contributed by atoms with van der Waals surface area (Å²) < 4.78 is 0. The van der Waals surface area contributed by atoms with E-state index in [1.165, 1.54) is 19.3 Å². The Morgan fingerprint density at radius 1 is 1.23 bits per heavy atom. The normalized spacial score (nSPS) is 35.9. The molecule has 1 aliphatic carbocycles. The second-order valence-electron chi connectivity index (χ2n) is 7.96. The second-order valence-corrected chi connectivity index (χ2v) is 7.96. The first kappa shape index (κ1) is 15.8. The van der Waals surface area contributed by atoms with Crippen LogP contribution in [0.3, 0.4) is 0 Å². The van der Waals surface area contributed by atoms with E-state index < -0.39 is 0 Å². The summed E-state index contributed by atoms with van der Waals surface area (Å²) in [7, 11) is 0. The topological polar surface area (TPSA) is 40.6 Å². The number of amides is 2. The fourth-order valence-corrected chi connectivity index (χ4v) is 4.80. The standard InChI is InChI=1S/C18H30N2O2/c1-12(2)20-11-15(10-17(20)21)18(22)19-8-4-5-14-9-13(3)6-7-16(14)19/h12-16H,4-11H2,1-3H3/t13-,14-,15+,16-/m1/s1. The first-order valence-corrected chi connectivity index (χ1v) is 9.07. The maximum atomic E-state index is 13.0. The third kappa shape index (κ3) is 2.89. The van der Waals surface area contributed by atoms with Gasteiger partial charge < -0.3 is 9.80 Å². The van der Waals surface area contributed by atoms with Crippen molar-refractivity contribution in [3.8, 4) is 0 Å². The zero-order chi connectivity index (χ0) is 15.9. The molecule has 2 aliphatic heterocycles. The van der Waals surface area contributed by atoms with E-state index in [1.54, 1.807) is 0 Å². The van der Waals surface area contributed by atoms with Crippen LogP contribution in [0.15, 0.2) is 0 Å². The number of carbonyl (C=O) groups is 2. The fraction of sp³-hybridized carbons (Fsp3) is 0.889. The lowest BCUT2D eigenvalue weighted by Gasteiger charge is -2.46. The second kappa shape index (κ2) is 6.21. The molecule has 2 amide bonds. The highest BCUT2D eigenvalue weighted by atomic mass is 16.2. The number of piperidine rings is 1. The Morgan fingerprint density at radius 3 is 2.68 bits per heavy atom. The summed E-state index contributed by atoms with van der Waals surface area (Å²) in [4.78, 5) is 29.1. The lowest BCUT2D eigenvalue weighted by atomic mass is 9.74. The molecule has 0 aromatic carbocycles. The molecule has 124 valence electrons. The van der Waals surface area contributed by atoms with Crippen LogP contribution in [0.5, 0.6) is 0 Å². The molecule has 0 unspecified atom stereocenters. The van der Waals surface area contributed by atoms with Crippen molar-refractivity contribution in [1.82, 2.24) is 9.80 Å². The van der Waals surface area contributed by atoms with Crippen LogP contribution in [-0.2, 0) is 9.59 Å². The summed E-state index contributed by atoms with van der Waals surface area (Å²) in [5, 5.41) is 0. The molecule has 3 fully saturated rings. The summed E-state index contributed by atoms with van der Waals surface area (Å²) in [5.41, 5.74) is 0. The largest absolute Gasteiger partial charge is 0.339 e. The molecule has 4 heteroatoms. The molecular formula is C18H30N2O2. The molecule has 0 bridgehead atoms. The SMILES string of the molecule is CC(C)N1C[C@@H](C(=O)N2CCC[C@@H]3C[C@H](C)CC[C@H]32)CC1=O. The Morgan fingerprint density at radius 2 is 2.00 bits per heavy atom. The van der Waals surface area contributed by atoms with Crippen LogP contribution in [0.4, 0.5) is 0 Å². The zero-order valence-corrected chi connectivity index (χ0v) is 14.3. The van der Waals surface area contributed by atoms with Gasteiger partial charge in [0, 0.05) is 31.6 Å². The number of fused-ring (bicyclic) bond motifs is 1. The Bertz CT molecular complexity index is 448. The van der Waals surface area contributed by atoms with Gasteiger partial charge in [-0.25, -0.2) is 0 Å². The van der Waals surface area contributed by atoms with Gasteiger partial charge in [-0.05, 0) is 57.8 Å². The molecule has 0 aromatic heterocycles. The lowest BCUT2D eigenvalue weighted by molar-refractivity contribution is -0.142. The van der Waals surface area contributed by atoms with E-state index in [9.17, 15) is 9.59 Å². The van der Waals surface area contributed by atoms with Gasteiger partial charge in [-0.2, -0.15) is 0 Å². The van der Waals surface area contributed by atoms with Gasteiger partial charge in [-0.3, -0.25) is 9.59 Å². The van der Waals surface area contributed by atoms with Crippen molar-refractivity contribution < 1.29 is 9.59 Å². The Kier molecular flexibility index (Phi) is 4.47. The number of carbonyl (C=O) groups excluding carboxylic acids is 2. The molecule has 3 rings (SSSR count). The van der Waals surface area contributed by atoms with Gasteiger partial charge in [-0.15, -0.1) is 0 Å². The summed E-state index contributed by atoms with van der Waals surface area (Å²) in [6, 6.07) is 0.649. The van der Waals surface area contributed by atoms with E-state index in [-0.39, 0.29) is 23.8 Å². The zero-order valence-electron chi connectivity index (χ0n) is 14.3. The maximum Gasteiger partial charge on any atom is 0.228 e. The highest BCUT2D eigenvalue weighted by Crippen LogP contribution is 2.39. The minimum Gasteiger partial charge on any atom is -0.339 e. The summed E-state index contributed by atoms with van der Waals surface area (Å²) in [5.74, 6) is 1.80. The summed E-state index contributed by atoms with van der Waals surface area (Å²) in [6.45, 7) is 7.93. The van der Waals surface area contributed by atoms with Gasteiger partial charge in [0.1, 0.15) is 0 Å². The summed E-state index contributed by atoms with van der Waals surface area (Å²) >= 11 is 0. The molecule has 0 spiro atoms. The van der Waals surface area contributed by atoms with Crippen LogP contribution >= 0.6 is 0 Å². The minimum atomic E-state index is -0.104. The van der Waals surface area contributed by atoms with Crippen molar-refractivity contribution in [3.05, 3.63) is 0 Å². The van der Waals surface area contributed by atoms with E-state index in [0.29, 0.717) is 24.9 Å². The van der Waals surface area contributed by atoms with E-state index >= 15 is 0 Å². The quantitative estimate of drug-likeness (QED) is 0.787. The molecule has 0 N–H and O–H groups in total. The average Bonchev–Trinajstić information content (AvgIpc) is 2.87. The molecule has 1 saturated carbocycles. The fourth-order valence-electron chi connectivity index (χ4n) is 4.80. The lowest BCUT2D eigenvalue weighted by Crippen LogP contribution is -2.52. The molecule has 4 atom stereocenters. The molecule has 0 aromatic rings. The van der Waals surface area contributed by atoms with Gasteiger partial charge in [0.15, 0.2) is 0 Å². The number of hydrogen-bond donors (Lipinski definition) is 0. The number of nitrogens with zero attached hydrogens (tertiary/aromatic N) is 2. The molecule has 2 saturated heterocycles. The monoisotopic (exact) mass is 306 g/mol. The number of likely N-dealkylation sites (tertiary alicyclic amines) is 2. The third-order valence-corrected chi connectivity index (χ3v) is 5.99. The predicted octanol–water partition coefficient (Wildman–Crippen LogP) is 2.67. The molecule has 0 radical (unpaired) electrons. The van der Waals surface area contributed by atoms with Crippen LogP contribution in [0, 0.1) is 17.8 Å². The van der Waals surface area contributed by atoms with Crippen molar-refractivity contribution in [2.24, 2.45) is 17.8 Å². The highest BCUT2D eigenvalue weighted by molar-refractivity contribution is 5.89. The van der Waals surface area contributed by atoms with E-state index in [4.69, 9.17) is 0 Å². The van der Waals surface area contributed by atoms with Crippen molar-refractivity contribution in [1.29, 1.82) is 0 Å². The van der Waals surface area contributed by atoms with Gasteiger partial charge >= 0.3 is 0 Å². The van der Waals surface area contributed by atoms with E-state index in [2.05, 4.69) is 11.8 Å². The van der Waals surface area contributed by atoms with Crippen LogP contribution in [0.2, 0.25) is 0 Å². The smallest absolute Gasteiger partial charge is 0.228 e. The number of rotatable bonds is 2. The van der Waals surface area contributed by atoms with Crippen molar-refractivity contribution in [2.75, 3.05) is 13.1 Å². The van der Waals surface area contributed by atoms with Crippen molar-refractivity contribution in [2.45, 2.75) is 71.4 Å². The van der Waals surface area contributed by atoms with Crippen molar-refractivity contribution in [3.63, 3.8) is 0 Å². The Balaban J connectivity index is 1.68. The van der Waals surface area contributed by atoms with Crippen LogP contribution < -0.4 is 0 Å². The van der Waals surface area contributed by atoms with Crippen molar-refractivity contribution >= 4 is 11.8 Å². The average molecular weight is 306 g/mol. The highest BCUT2D eigenvalue weighted by Gasteiger charge is 2.43. The van der Waals surface area contributed by atoms with Crippen LogP contribution in [0.1, 0.15) is 59.3 Å². The Labute approximate surface area is 134 Å². The summed E-state index contributed by atoms with van der Waals surface area (Å²) in [6.07, 6.45) is 6.50. The third-order valence-electron chi connectivity index (χ3n) is 5.99. The van der Waals surface area contributed by atoms with E-state index in [1.807, 2.05) is 18.7 Å². The minimum absolute atomic E-state index is 0.104.